The van der Waals surface area contributed by atoms with Crippen molar-refractivity contribution >= 4 is 23.6 Å². The molecule has 0 rings (SSSR count). The lowest BCUT2D eigenvalue weighted by molar-refractivity contribution is -0.125. The number of hydrogen-bond donors (Lipinski definition) is 4. The average Bonchev–Trinajstić information content (AvgIpc) is 2.29. The number of carbonyl (C=O) groups excluding carboxylic acids is 4. The first kappa shape index (κ1) is 15.9. The van der Waals surface area contributed by atoms with Crippen LogP contribution in [0.15, 0.2) is 0 Å². The van der Waals surface area contributed by atoms with E-state index < -0.39 is 11.8 Å². The van der Waals surface area contributed by atoms with Crippen LogP contribution in [0, 0.1) is 0 Å². The number of amides is 4. The van der Waals surface area contributed by atoms with Crippen LogP contribution in [0.1, 0.15) is 25.7 Å². The molecule has 0 bridgehead atoms. The smallest absolute Gasteiger partial charge is 0.236 e. The van der Waals surface area contributed by atoms with Gasteiger partial charge in [-0.05, 0) is 12.8 Å². The summed E-state index contributed by atoms with van der Waals surface area (Å²) in [5, 5.41) is 4.67. The van der Waals surface area contributed by atoms with E-state index in [1.54, 1.807) is 0 Å². The monoisotopic (exact) mass is 258 g/mol. The van der Waals surface area contributed by atoms with Gasteiger partial charge in [0, 0.05) is 12.8 Å². The molecular formula is C10H18N4O4. The van der Waals surface area contributed by atoms with Gasteiger partial charge in [-0.15, -0.1) is 0 Å². The molecule has 8 heteroatoms. The fourth-order valence-electron chi connectivity index (χ4n) is 1.12. The molecule has 18 heavy (non-hydrogen) atoms. The second kappa shape index (κ2) is 8.97. The standard InChI is InChI=1S/C10H18N4O4/c11-7(15)5-13-9(17)3-1-2-4-10(18)14-6-8(12)16/h1-6H2,(H2,11,15)(H2,12,16)(H,13,17)(H,14,18). The highest BCUT2D eigenvalue weighted by Crippen LogP contribution is 1.99. The van der Waals surface area contributed by atoms with E-state index in [2.05, 4.69) is 10.6 Å². The van der Waals surface area contributed by atoms with Crippen LogP contribution in [0.25, 0.3) is 0 Å². The SMILES string of the molecule is NC(=O)CNC(=O)CCCCC(=O)NCC(N)=O. The predicted molar refractivity (Wildman–Crippen MR) is 62.9 cm³/mol. The van der Waals surface area contributed by atoms with Crippen molar-refractivity contribution in [3.05, 3.63) is 0 Å². The summed E-state index contributed by atoms with van der Waals surface area (Å²) in [4.78, 5) is 43.0. The van der Waals surface area contributed by atoms with Gasteiger partial charge in [0.2, 0.25) is 23.6 Å². The third kappa shape index (κ3) is 10.4. The molecule has 0 aliphatic rings. The molecule has 4 amide bonds. The first-order chi connectivity index (χ1) is 8.41. The van der Waals surface area contributed by atoms with Crippen LogP contribution in [-0.4, -0.2) is 36.7 Å². The molecule has 8 nitrogen and oxygen atoms in total. The molecule has 6 N–H and O–H groups in total. The zero-order valence-corrected chi connectivity index (χ0v) is 10.0. The van der Waals surface area contributed by atoms with Gasteiger partial charge in [-0.1, -0.05) is 0 Å². The maximum absolute atomic E-state index is 11.1. The maximum Gasteiger partial charge on any atom is 0.236 e. The van der Waals surface area contributed by atoms with Crippen LogP contribution in [0.4, 0.5) is 0 Å². The average molecular weight is 258 g/mol. The Morgan fingerprint density at radius 1 is 0.722 bits per heavy atom. The Morgan fingerprint density at radius 2 is 1.06 bits per heavy atom. The normalized spacial score (nSPS) is 9.56. The van der Waals surface area contributed by atoms with Crippen LogP contribution < -0.4 is 22.1 Å². The number of rotatable bonds is 9. The number of nitrogens with two attached hydrogens (primary N) is 2. The van der Waals surface area contributed by atoms with E-state index in [1.165, 1.54) is 0 Å². The lowest BCUT2D eigenvalue weighted by Crippen LogP contribution is -2.33. The van der Waals surface area contributed by atoms with Crippen molar-refractivity contribution in [1.29, 1.82) is 0 Å². The molecule has 0 fully saturated rings. The minimum absolute atomic E-state index is 0.183. The summed E-state index contributed by atoms with van der Waals surface area (Å²) in [7, 11) is 0. The molecule has 0 heterocycles. The van der Waals surface area contributed by atoms with Crippen molar-refractivity contribution in [2.75, 3.05) is 13.1 Å². The number of primary amides is 2. The zero-order valence-electron chi connectivity index (χ0n) is 10.0. The molecule has 0 aliphatic carbocycles. The molecule has 0 atom stereocenters. The summed E-state index contributed by atoms with van der Waals surface area (Å²) in [5.41, 5.74) is 9.70. The molecule has 102 valence electrons. The topological polar surface area (TPSA) is 144 Å². The molecular weight excluding hydrogens is 240 g/mol. The second-order valence-corrected chi connectivity index (χ2v) is 3.69. The lowest BCUT2D eigenvalue weighted by atomic mass is 10.2. The summed E-state index contributed by atoms with van der Waals surface area (Å²) in [6.45, 7) is -0.365. The summed E-state index contributed by atoms with van der Waals surface area (Å²) < 4.78 is 0. The van der Waals surface area contributed by atoms with E-state index in [1.807, 2.05) is 0 Å². The summed E-state index contributed by atoms with van der Waals surface area (Å²) in [5.74, 6) is -1.78. The fourth-order valence-corrected chi connectivity index (χ4v) is 1.12. The number of carbonyl (C=O) groups is 4. The first-order valence-electron chi connectivity index (χ1n) is 5.52. The van der Waals surface area contributed by atoms with Crippen LogP contribution in [-0.2, 0) is 19.2 Å². The Labute approximate surface area is 104 Å². The molecule has 0 radical (unpaired) electrons. The molecule has 0 aliphatic heterocycles. The maximum atomic E-state index is 11.1. The van der Waals surface area contributed by atoms with E-state index >= 15 is 0 Å². The Kier molecular flexibility index (Phi) is 7.91. The summed E-state index contributed by atoms with van der Waals surface area (Å²) in [6, 6.07) is 0. The Bertz CT molecular complexity index is 298. The van der Waals surface area contributed by atoms with E-state index in [9.17, 15) is 19.2 Å². The number of hydrogen-bond acceptors (Lipinski definition) is 4. The molecule has 0 aromatic heterocycles. The van der Waals surface area contributed by atoms with Crippen molar-refractivity contribution in [2.24, 2.45) is 11.5 Å². The minimum atomic E-state index is -0.603. The van der Waals surface area contributed by atoms with Gasteiger partial charge in [0.15, 0.2) is 0 Å². The van der Waals surface area contributed by atoms with Crippen molar-refractivity contribution in [1.82, 2.24) is 10.6 Å². The van der Waals surface area contributed by atoms with E-state index in [4.69, 9.17) is 11.5 Å². The van der Waals surface area contributed by atoms with E-state index in [-0.39, 0.29) is 37.7 Å². The van der Waals surface area contributed by atoms with Gasteiger partial charge in [0.1, 0.15) is 0 Å². The third-order valence-corrected chi connectivity index (χ3v) is 1.98. The van der Waals surface area contributed by atoms with E-state index in [0.29, 0.717) is 12.8 Å². The van der Waals surface area contributed by atoms with Crippen molar-refractivity contribution in [3.63, 3.8) is 0 Å². The third-order valence-electron chi connectivity index (χ3n) is 1.98. The van der Waals surface area contributed by atoms with Crippen molar-refractivity contribution in [2.45, 2.75) is 25.7 Å². The Balaban J connectivity index is 3.49. The van der Waals surface area contributed by atoms with Crippen LogP contribution in [0.2, 0.25) is 0 Å². The molecule has 0 saturated carbocycles. The second-order valence-electron chi connectivity index (χ2n) is 3.69. The first-order valence-corrected chi connectivity index (χ1v) is 5.52. The minimum Gasteiger partial charge on any atom is -0.368 e. The highest BCUT2D eigenvalue weighted by atomic mass is 16.2. The number of nitrogens with one attached hydrogen (secondary N) is 2. The van der Waals surface area contributed by atoms with Gasteiger partial charge in [0.25, 0.3) is 0 Å². The van der Waals surface area contributed by atoms with Gasteiger partial charge in [-0.2, -0.15) is 0 Å². The molecule has 0 aromatic carbocycles. The van der Waals surface area contributed by atoms with Crippen molar-refractivity contribution in [3.8, 4) is 0 Å². The largest absolute Gasteiger partial charge is 0.368 e. The molecule has 0 spiro atoms. The van der Waals surface area contributed by atoms with Gasteiger partial charge in [-0.25, -0.2) is 0 Å². The highest BCUT2D eigenvalue weighted by Gasteiger charge is 2.05. The van der Waals surface area contributed by atoms with E-state index in [0.717, 1.165) is 0 Å². The van der Waals surface area contributed by atoms with Gasteiger partial charge >= 0.3 is 0 Å². The quantitative estimate of drug-likeness (QED) is 0.346. The summed E-state index contributed by atoms with van der Waals surface area (Å²) in [6.07, 6.45) is 1.45. The molecule has 0 unspecified atom stereocenters. The Hall–Kier alpha value is -2.12. The lowest BCUT2D eigenvalue weighted by Gasteiger charge is -2.03. The van der Waals surface area contributed by atoms with Gasteiger partial charge < -0.3 is 22.1 Å². The number of unbranched alkanes of at least 4 members (excludes halogenated alkanes) is 1. The molecule has 0 saturated heterocycles. The van der Waals surface area contributed by atoms with Crippen LogP contribution in [0.3, 0.4) is 0 Å². The molecule has 0 aromatic rings. The zero-order chi connectivity index (χ0) is 14.0. The summed E-state index contributed by atoms with van der Waals surface area (Å²) >= 11 is 0. The van der Waals surface area contributed by atoms with Gasteiger partial charge in [0.05, 0.1) is 13.1 Å². The van der Waals surface area contributed by atoms with Gasteiger partial charge in [-0.3, -0.25) is 19.2 Å². The van der Waals surface area contributed by atoms with Crippen LogP contribution in [0.5, 0.6) is 0 Å². The fraction of sp³-hybridized carbons (Fsp3) is 0.600. The predicted octanol–water partition coefficient (Wildman–Crippen LogP) is -2.25. The highest BCUT2D eigenvalue weighted by molar-refractivity contribution is 5.84. The Morgan fingerprint density at radius 3 is 1.33 bits per heavy atom. The van der Waals surface area contributed by atoms with Crippen LogP contribution >= 0.6 is 0 Å². The van der Waals surface area contributed by atoms with Crippen molar-refractivity contribution < 1.29 is 19.2 Å².